The van der Waals surface area contributed by atoms with Gasteiger partial charge in [-0.1, -0.05) is 32.9 Å². The number of carbonyl (C=O) groups is 4. The Morgan fingerprint density at radius 2 is 1.59 bits per heavy atom. The molecule has 0 spiro atoms. The minimum atomic E-state index is -0.335. The number of carbonyl (C=O) groups excluding carboxylic acids is 4. The number of amides is 4. The fraction of sp³-hybridized carbons (Fsp3) is 0.545. The van der Waals surface area contributed by atoms with E-state index in [9.17, 15) is 19.2 Å². The Morgan fingerprint density at radius 3 is 2.10 bits per heavy atom. The highest BCUT2D eigenvalue weighted by molar-refractivity contribution is 6.21. The zero-order valence-corrected chi connectivity index (χ0v) is 17.4. The van der Waals surface area contributed by atoms with Crippen LogP contribution in [0.25, 0.3) is 0 Å². The van der Waals surface area contributed by atoms with Gasteiger partial charge < -0.3 is 10.2 Å². The summed E-state index contributed by atoms with van der Waals surface area (Å²) in [6.45, 7) is 7.32. The minimum absolute atomic E-state index is 0.0490. The first-order valence-electron chi connectivity index (χ1n) is 10.2. The van der Waals surface area contributed by atoms with E-state index < -0.39 is 0 Å². The zero-order valence-electron chi connectivity index (χ0n) is 17.4. The molecule has 0 radical (unpaired) electrons. The van der Waals surface area contributed by atoms with Crippen molar-refractivity contribution < 1.29 is 19.2 Å². The number of nitrogens with zero attached hydrogens (tertiary/aromatic N) is 2. The third kappa shape index (κ3) is 5.02. The van der Waals surface area contributed by atoms with Crippen LogP contribution in [0.5, 0.6) is 0 Å². The van der Waals surface area contributed by atoms with Crippen LogP contribution in [0.15, 0.2) is 24.3 Å². The Balaban J connectivity index is 1.45. The molecule has 29 heavy (non-hydrogen) atoms. The number of hydrogen-bond acceptors (Lipinski definition) is 4. The van der Waals surface area contributed by atoms with Crippen LogP contribution >= 0.6 is 0 Å². The highest BCUT2D eigenvalue weighted by atomic mass is 16.2. The standard InChI is InChI=1S/C22H29N3O4/c1-22(2,3)14-18(26)23-15-8-11-24(12-9-15)19(27)10-13-25-20(28)16-6-4-5-7-17(16)21(25)29/h4-7,15H,8-14H2,1-3H3,(H,23,26). The Kier molecular flexibility index (Phi) is 6.05. The fourth-order valence-electron chi connectivity index (χ4n) is 3.84. The molecule has 1 N–H and O–H groups in total. The maximum absolute atomic E-state index is 12.5. The van der Waals surface area contributed by atoms with Crippen LogP contribution in [0.4, 0.5) is 0 Å². The van der Waals surface area contributed by atoms with Crippen molar-refractivity contribution in [3.05, 3.63) is 35.4 Å². The molecule has 0 unspecified atom stereocenters. The first-order valence-corrected chi connectivity index (χ1v) is 10.2. The van der Waals surface area contributed by atoms with E-state index in [2.05, 4.69) is 5.32 Å². The topological polar surface area (TPSA) is 86.8 Å². The van der Waals surface area contributed by atoms with E-state index in [1.165, 1.54) is 0 Å². The Hall–Kier alpha value is -2.70. The molecule has 3 rings (SSSR count). The zero-order chi connectivity index (χ0) is 21.2. The Bertz CT molecular complexity index is 785. The second-order valence-corrected chi connectivity index (χ2v) is 9.02. The molecule has 1 saturated heterocycles. The summed E-state index contributed by atoms with van der Waals surface area (Å²) in [5, 5.41) is 3.06. The van der Waals surface area contributed by atoms with Gasteiger partial charge in [0.2, 0.25) is 11.8 Å². The van der Waals surface area contributed by atoms with Crippen molar-refractivity contribution in [3.8, 4) is 0 Å². The molecule has 0 aliphatic carbocycles. The van der Waals surface area contributed by atoms with Crippen molar-refractivity contribution in [3.63, 3.8) is 0 Å². The van der Waals surface area contributed by atoms with E-state index in [1.54, 1.807) is 29.2 Å². The molecule has 2 heterocycles. The van der Waals surface area contributed by atoms with E-state index in [0.717, 1.165) is 4.90 Å². The van der Waals surface area contributed by atoms with Crippen LogP contribution in [-0.2, 0) is 9.59 Å². The molecule has 2 aliphatic rings. The van der Waals surface area contributed by atoms with Crippen LogP contribution in [-0.4, -0.2) is 59.1 Å². The maximum Gasteiger partial charge on any atom is 0.261 e. The Morgan fingerprint density at radius 1 is 1.03 bits per heavy atom. The van der Waals surface area contributed by atoms with E-state index in [4.69, 9.17) is 0 Å². The summed E-state index contributed by atoms with van der Waals surface area (Å²) in [4.78, 5) is 52.3. The van der Waals surface area contributed by atoms with Gasteiger partial charge in [0.05, 0.1) is 11.1 Å². The summed E-state index contributed by atoms with van der Waals surface area (Å²) in [5.41, 5.74) is 0.749. The molecule has 4 amide bonds. The van der Waals surface area contributed by atoms with Crippen LogP contribution in [0.3, 0.4) is 0 Å². The average Bonchev–Trinajstić information content (AvgIpc) is 2.90. The number of benzene rings is 1. The van der Waals surface area contributed by atoms with Crippen LogP contribution in [0.2, 0.25) is 0 Å². The van der Waals surface area contributed by atoms with Gasteiger partial charge in [0, 0.05) is 38.5 Å². The molecule has 0 saturated carbocycles. The molecule has 0 atom stereocenters. The maximum atomic E-state index is 12.5. The van der Waals surface area contributed by atoms with Crippen LogP contribution in [0.1, 0.15) is 67.2 Å². The molecular formula is C22H29N3O4. The van der Waals surface area contributed by atoms with E-state index >= 15 is 0 Å². The summed E-state index contributed by atoms with van der Waals surface area (Å²) in [7, 11) is 0. The second-order valence-electron chi connectivity index (χ2n) is 9.02. The van der Waals surface area contributed by atoms with Crippen molar-refractivity contribution in [1.82, 2.24) is 15.1 Å². The summed E-state index contributed by atoms with van der Waals surface area (Å²) in [6, 6.07) is 6.81. The molecule has 1 aromatic carbocycles. The number of rotatable bonds is 5. The quantitative estimate of drug-likeness (QED) is 0.769. The molecule has 7 nitrogen and oxygen atoms in total. The normalized spacial score (nSPS) is 17.5. The SMILES string of the molecule is CC(C)(C)CC(=O)NC1CCN(C(=O)CCN2C(=O)c3ccccc3C2=O)CC1. The average molecular weight is 399 g/mol. The van der Waals surface area contributed by atoms with Gasteiger partial charge in [-0.2, -0.15) is 0 Å². The smallest absolute Gasteiger partial charge is 0.261 e. The summed E-state index contributed by atoms with van der Waals surface area (Å²) in [6.07, 6.45) is 2.03. The summed E-state index contributed by atoms with van der Waals surface area (Å²) >= 11 is 0. The van der Waals surface area contributed by atoms with Gasteiger partial charge >= 0.3 is 0 Å². The van der Waals surface area contributed by atoms with Gasteiger partial charge in [-0.3, -0.25) is 24.1 Å². The van der Waals surface area contributed by atoms with Gasteiger partial charge in [-0.15, -0.1) is 0 Å². The molecule has 2 aliphatic heterocycles. The van der Waals surface area contributed by atoms with Gasteiger partial charge in [0.1, 0.15) is 0 Å². The van der Waals surface area contributed by atoms with Crippen molar-refractivity contribution in [2.24, 2.45) is 5.41 Å². The molecule has 0 aromatic heterocycles. The number of likely N-dealkylation sites (tertiary alicyclic amines) is 1. The number of piperidine rings is 1. The van der Waals surface area contributed by atoms with E-state index in [0.29, 0.717) is 43.5 Å². The predicted octanol–water partition coefficient (Wildman–Crippen LogP) is 2.22. The summed E-state index contributed by atoms with van der Waals surface area (Å²) in [5.74, 6) is -0.689. The lowest BCUT2D eigenvalue weighted by molar-refractivity contribution is -0.132. The highest BCUT2D eigenvalue weighted by Gasteiger charge is 2.35. The number of fused-ring (bicyclic) bond motifs is 1. The second kappa shape index (κ2) is 8.35. The highest BCUT2D eigenvalue weighted by Crippen LogP contribution is 2.23. The number of hydrogen-bond donors (Lipinski definition) is 1. The first kappa shape index (κ1) is 21.0. The van der Waals surface area contributed by atoms with Crippen molar-refractivity contribution >= 4 is 23.6 Å². The van der Waals surface area contributed by atoms with Gasteiger partial charge in [-0.05, 0) is 30.4 Å². The van der Waals surface area contributed by atoms with Crippen LogP contribution < -0.4 is 5.32 Å². The van der Waals surface area contributed by atoms with Crippen molar-refractivity contribution in [2.75, 3.05) is 19.6 Å². The molecular weight excluding hydrogens is 370 g/mol. The summed E-state index contributed by atoms with van der Waals surface area (Å²) < 4.78 is 0. The van der Waals surface area contributed by atoms with Crippen LogP contribution in [0, 0.1) is 5.41 Å². The fourth-order valence-corrected chi connectivity index (χ4v) is 3.84. The lowest BCUT2D eigenvalue weighted by Crippen LogP contribution is -2.47. The van der Waals surface area contributed by atoms with Gasteiger partial charge in [-0.25, -0.2) is 0 Å². The minimum Gasteiger partial charge on any atom is -0.353 e. The van der Waals surface area contributed by atoms with E-state index in [1.807, 2.05) is 20.8 Å². The molecule has 0 bridgehead atoms. The predicted molar refractivity (Wildman–Crippen MR) is 108 cm³/mol. The molecule has 1 fully saturated rings. The lowest BCUT2D eigenvalue weighted by atomic mass is 9.91. The Labute approximate surface area is 171 Å². The third-order valence-electron chi connectivity index (χ3n) is 5.33. The van der Waals surface area contributed by atoms with Gasteiger partial charge in [0.15, 0.2) is 0 Å². The lowest BCUT2D eigenvalue weighted by Gasteiger charge is -2.33. The number of imide groups is 1. The number of nitrogens with one attached hydrogen (secondary N) is 1. The molecule has 156 valence electrons. The third-order valence-corrected chi connectivity index (χ3v) is 5.33. The monoisotopic (exact) mass is 399 g/mol. The first-order chi connectivity index (χ1) is 13.7. The largest absolute Gasteiger partial charge is 0.353 e. The van der Waals surface area contributed by atoms with Gasteiger partial charge in [0.25, 0.3) is 11.8 Å². The van der Waals surface area contributed by atoms with Crippen molar-refractivity contribution in [1.29, 1.82) is 0 Å². The molecule has 7 heteroatoms. The van der Waals surface area contributed by atoms with E-state index in [-0.39, 0.29) is 48.1 Å². The van der Waals surface area contributed by atoms with Crippen molar-refractivity contribution in [2.45, 2.75) is 52.5 Å². The molecule has 1 aromatic rings.